The molecule has 1 amide bonds. The third-order valence-corrected chi connectivity index (χ3v) is 5.32. The van der Waals surface area contributed by atoms with Crippen molar-refractivity contribution < 1.29 is 4.79 Å². The molecule has 0 atom stereocenters. The lowest BCUT2D eigenvalue weighted by molar-refractivity contribution is 0.0733. The summed E-state index contributed by atoms with van der Waals surface area (Å²) in [7, 11) is 0. The van der Waals surface area contributed by atoms with Gasteiger partial charge in [0.05, 0.1) is 12.1 Å². The topological polar surface area (TPSA) is 42.3 Å². The monoisotopic (exact) mass is 378 g/mol. The number of nitrogens with zero attached hydrogens (tertiary/aromatic N) is 2. The number of amides is 1. The molecule has 0 spiro atoms. The number of benzene rings is 2. The van der Waals surface area contributed by atoms with E-state index in [-0.39, 0.29) is 11.5 Å². The average Bonchev–Trinajstić information content (AvgIpc) is 2.70. The molecule has 0 fully saturated rings. The lowest BCUT2D eigenvalue weighted by atomic mass is 9.99. The van der Waals surface area contributed by atoms with Gasteiger partial charge < -0.3 is 9.47 Å². The quantitative estimate of drug-likeness (QED) is 0.696. The van der Waals surface area contributed by atoms with E-state index in [0.29, 0.717) is 30.2 Å². The highest BCUT2D eigenvalue weighted by Gasteiger charge is 2.22. The van der Waals surface area contributed by atoms with Crippen molar-refractivity contribution in [3.05, 3.63) is 104 Å². The van der Waals surface area contributed by atoms with E-state index in [1.54, 1.807) is 18.3 Å². The Hall–Kier alpha value is -2.85. The summed E-state index contributed by atoms with van der Waals surface area (Å²) in [5.41, 5.74) is 3.68. The summed E-state index contributed by atoms with van der Waals surface area (Å²) in [5.74, 6) is -0.0580. The van der Waals surface area contributed by atoms with Crippen LogP contribution in [0.4, 0.5) is 0 Å². The van der Waals surface area contributed by atoms with Crippen LogP contribution in [-0.4, -0.2) is 21.9 Å². The van der Waals surface area contributed by atoms with Gasteiger partial charge in [-0.25, -0.2) is 0 Å². The Balaban J connectivity index is 1.59. The van der Waals surface area contributed by atoms with Crippen molar-refractivity contribution in [1.29, 1.82) is 0 Å². The minimum absolute atomic E-state index is 0.0580. The highest BCUT2D eigenvalue weighted by Crippen LogP contribution is 2.20. The van der Waals surface area contributed by atoms with E-state index >= 15 is 0 Å². The summed E-state index contributed by atoms with van der Waals surface area (Å²) in [6, 6.07) is 18.7. The van der Waals surface area contributed by atoms with Gasteiger partial charge in [0.15, 0.2) is 0 Å². The Labute approximate surface area is 162 Å². The van der Waals surface area contributed by atoms with E-state index in [4.69, 9.17) is 11.6 Å². The van der Waals surface area contributed by atoms with Crippen LogP contribution in [0, 0.1) is 0 Å². The SMILES string of the molecule is O=C(c1ccc(=O)n(Cc2ccccc2Cl)c1)N1CCc2ccccc2C1. The number of aromatic nitrogens is 1. The molecule has 2 aromatic carbocycles. The molecule has 4 nitrogen and oxygen atoms in total. The van der Waals surface area contributed by atoms with Crippen molar-refractivity contribution in [2.45, 2.75) is 19.5 Å². The van der Waals surface area contributed by atoms with Crippen molar-refractivity contribution >= 4 is 17.5 Å². The summed E-state index contributed by atoms with van der Waals surface area (Å²) >= 11 is 6.21. The van der Waals surface area contributed by atoms with Crippen LogP contribution in [0.3, 0.4) is 0 Å². The number of halogens is 1. The first-order valence-corrected chi connectivity index (χ1v) is 9.29. The van der Waals surface area contributed by atoms with Crippen molar-refractivity contribution in [3.8, 4) is 0 Å². The average molecular weight is 379 g/mol. The molecule has 0 aliphatic carbocycles. The fraction of sp³-hybridized carbons (Fsp3) is 0.182. The molecule has 136 valence electrons. The van der Waals surface area contributed by atoms with Crippen molar-refractivity contribution in [1.82, 2.24) is 9.47 Å². The number of hydrogen-bond acceptors (Lipinski definition) is 2. The maximum absolute atomic E-state index is 13.0. The maximum atomic E-state index is 13.0. The van der Waals surface area contributed by atoms with E-state index in [1.165, 1.54) is 21.8 Å². The standard InChI is InChI=1S/C22H19ClN2O2/c23-20-8-4-3-7-18(20)14-25-15-19(9-10-21(25)26)22(27)24-12-11-16-5-1-2-6-17(16)13-24/h1-10,15H,11-14H2. The zero-order valence-corrected chi connectivity index (χ0v) is 15.5. The number of hydrogen-bond donors (Lipinski definition) is 0. The van der Waals surface area contributed by atoms with Crippen LogP contribution in [0.1, 0.15) is 27.0 Å². The fourth-order valence-electron chi connectivity index (χ4n) is 3.44. The normalized spacial score (nSPS) is 13.3. The lowest BCUT2D eigenvalue weighted by Crippen LogP contribution is -2.36. The molecule has 2 heterocycles. The van der Waals surface area contributed by atoms with Crippen molar-refractivity contribution in [2.24, 2.45) is 0 Å². The number of carbonyl (C=O) groups is 1. The molecule has 0 N–H and O–H groups in total. The number of carbonyl (C=O) groups excluding carboxylic acids is 1. The van der Waals surface area contributed by atoms with Gasteiger partial charge in [-0.2, -0.15) is 0 Å². The van der Waals surface area contributed by atoms with Gasteiger partial charge in [-0.05, 0) is 35.2 Å². The zero-order valence-electron chi connectivity index (χ0n) is 14.8. The van der Waals surface area contributed by atoms with Crippen LogP contribution in [0.5, 0.6) is 0 Å². The number of rotatable bonds is 3. The lowest BCUT2D eigenvalue weighted by Gasteiger charge is -2.29. The predicted molar refractivity (Wildman–Crippen MR) is 106 cm³/mol. The van der Waals surface area contributed by atoms with Gasteiger partial charge in [-0.15, -0.1) is 0 Å². The first-order chi connectivity index (χ1) is 13.1. The molecule has 1 aliphatic rings. The molecule has 0 saturated heterocycles. The summed E-state index contributed by atoms with van der Waals surface area (Å²) in [6.07, 6.45) is 2.48. The molecule has 3 aromatic rings. The molecule has 0 saturated carbocycles. The van der Waals surface area contributed by atoms with Gasteiger partial charge in [0, 0.05) is 30.4 Å². The van der Waals surface area contributed by atoms with Crippen LogP contribution in [-0.2, 0) is 19.5 Å². The van der Waals surface area contributed by atoms with Crippen molar-refractivity contribution in [2.75, 3.05) is 6.54 Å². The van der Waals surface area contributed by atoms with Gasteiger partial charge in [0.25, 0.3) is 11.5 Å². The minimum atomic E-state index is -0.157. The number of pyridine rings is 1. The van der Waals surface area contributed by atoms with Gasteiger partial charge in [0.2, 0.25) is 0 Å². The molecule has 0 unspecified atom stereocenters. The first kappa shape index (κ1) is 17.6. The minimum Gasteiger partial charge on any atom is -0.334 e. The molecule has 0 bridgehead atoms. The Bertz CT molecular complexity index is 1060. The van der Waals surface area contributed by atoms with E-state index in [1.807, 2.05) is 35.2 Å². The van der Waals surface area contributed by atoms with E-state index in [2.05, 4.69) is 12.1 Å². The highest BCUT2D eigenvalue weighted by molar-refractivity contribution is 6.31. The molecular formula is C22H19ClN2O2. The molecular weight excluding hydrogens is 360 g/mol. The molecule has 27 heavy (non-hydrogen) atoms. The summed E-state index contributed by atoms with van der Waals surface area (Å²) in [4.78, 5) is 27.1. The molecule has 1 aliphatic heterocycles. The van der Waals surface area contributed by atoms with E-state index in [0.717, 1.165) is 12.0 Å². The smallest absolute Gasteiger partial charge is 0.255 e. The second kappa shape index (κ2) is 7.41. The first-order valence-electron chi connectivity index (χ1n) is 8.92. The Morgan fingerprint density at radius 3 is 2.52 bits per heavy atom. The second-order valence-electron chi connectivity index (χ2n) is 6.72. The zero-order chi connectivity index (χ0) is 18.8. The van der Waals surface area contributed by atoms with Crippen molar-refractivity contribution in [3.63, 3.8) is 0 Å². The maximum Gasteiger partial charge on any atom is 0.255 e. The summed E-state index contributed by atoms with van der Waals surface area (Å²) in [5, 5.41) is 0.605. The highest BCUT2D eigenvalue weighted by atomic mass is 35.5. The van der Waals surface area contributed by atoms with Crippen LogP contribution < -0.4 is 5.56 Å². The van der Waals surface area contributed by atoms with Gasteiger partial charge >= 0.3 is 0 Å². The van der Waals surface area contributed by atoms with Crippen LogP contribution in [0.15, 0.2) is 71.7 Å². The van der Waals surface area contributed by atoms with Gasteiger partial charge in [-0.1, -0.05) is 54.1 Å². The second-order valence-corrected chi connectivity index (χ2v) is 7.13. The van der Waals surface area contributed by atoms with Crippen LogP contribution >= 0.6 is 11.6 Å². The Morgan fingerprint density at radius 1 is 0.963 bits per heavy atom. The number of fused-ring (bicyclic) bond motifs is 1. The largest absolute Gasteiger partial charge is 0.334 e. The Morgan fingerprint density at radius 2 is 1.70 bits per heavy atom. The van der Waals surface area contributed by atoms with Gasteiger partial charge in [0.1, 0.15) is 0 Å². The predicted octanol–water partition coefficient (Wildman–Crippen LogP) is 3.75. The summed E-state index contributed by atoms with van der Waals surface area (Å²) < 4.78 is 1.53. The fourth-order valence-corrected chi connectivity index (χ4v) is 3.64. The van der Waals surface area contributed by atoms with Crippen LogP contribution in [0.2, 0.25) is 5.02 Å². The molecule has 5 heteroatoms. The molecule has 1 aromatic heterocycles. The van der Waals surface area contributed by atoms with Crippen LogP contribution in [0.25, 0.3) is 0 Å². The Kier molecular flexibility index (Phi) is 4.82. The molecule has 0 radical (unpaired) electrons. The van der Waals surface area contributed by atoms with Gasteiger partial charge in [-0.3, -0.25) is 9.59 Å². The third kappa shape index (κ3) is 3.67. The summed E-state index contributed by atoms with van der Waals surface area (Å²) in [6.45, 7) is 1.61. The third-order valence-electron chi connectivity index (χ3n) is 4.95. The molecule has 4 rings (SSSR count). The van der Waals surface area contributed by atoms with E-state index in [9.17, 15) is 9.59 Å². The van der Waals surface area contributed by atoms with E-state index < -0.39 is 0 Å².